The molecule has 0 saturated carbocycles. The lowest BCUT2D eigenvalue weighted by Gasteiger charge is -2.15. The van der Waals surface area contributed by atoms with Gasteiger partial charge in [-0.25, -0.2) is 0 Å². The molecule has 0 unspecified atom stereocenters. The van der Waals surface area contributed by atoms with Gasteiger partial charge in [0.1, 0.15) is 0 Å². The van der Waals surface area contributed by atoms with E-state index < -0.39 is 0 Å². The molecule has 0 radical (unpaired) electrons. The van der Waals surface area contributed by atoms with Gasteiger partial charge in [-0.15, -0.1) is 0 Å². The molecule has 7 heteroatoms. The first-order chi connectivity index (χ1) is 11.0. The number of nitrogens with one attached hydrogen (secondary N) is 2. The number of benzene rings is 1. The van der Waals surface area contributed by atoms with Crippen molar-refractivity contribution in [2.45, 2.75) is 6.92 Å². The minimum Gasteiger partial charge on any atom is -0.362 e. The first kappa shape index (κ1) is 15.5. The predicted molar refractivity (Wildman–Crippen MR) is 97.2 cm³/mol. The molecule has 116 valence electrons. The van der Waals surface area contributed by atoms with Crippen LogP contribution >= 0.6 is 24.0 Å². The largest absolute Gasteiger partial charge is 0.362 e. The number of thioether (sulfide) groups is 1. The van der Waals surface area contributed by atoms with Crippen LogP contribution in [0.1, 0.15) is 12.6 Å². The van der Waals surface area contributed by atoms with Gasteiger partial charge in [0.2, 0.25) is 5.91 Å². The average Bonchev–Trinajstić information content (AvgIpc) is 3.09. The van der Waals surface area contributed by atoms with E-state index in [0.717, 1.165) is 5.69 Å². The fourth-order valence-electron chi connectivity index (χ4n) is 2.16. The Labute approximate surface area is 142 Å². The van der Waals surface area contributed by atoms with Crippen LogP contribution in [0.4, 0.5) is 11.4 Å². The summed E-state index contributed by atoms with van der Waals surface area (Å²) in [4.78, 5) is 28.7. The van der Waals surface area contributed by atoms with Crippen molar-refractivity contribution >= 4 is 57.6 Å². The molecule has 1 aromatic carbocycles. The molecule has 2 aromatic rings. The molecular weight excluding hydrogens is 330 g/mol. The molecule has 2 heterocycles. The molecule has 1 aliphatic heterocycles. The van der Waals surface area contributed by atoms with Crippen LogP contribution in [0.2, 0.25) is 0 Å². The van der Waals surface area contributed by atoms with Crippen molar-refractivity contribution in [2.75, 3.05) is 10.2 Å². The number of hydrogen-bond acceptors (Lipinski definition) is 4. The average molecular weight is 343 g/mol. The van der Waals surface area contributed by atoms with Crippen molar-refractivity contribution in [3.05, 3.63) is 53.2 Å². The van der Waals surface area contributed by atoms with E-state index in [9.17, 15) is 9.59 Å². The molecule has 0 spiro atoms. The van der Waals surface area contributed by atoms with Gasteiger partial charge in [0.25, 0.3) is 5.91 Å². The summed E-state index contributed by atoms with van der Waals surface area (Å²) in [5, 5.41) is 2.69. The number of aromatic nitrogens is 1. The lowest BCUT2D eigenvalue weighted by Crippen LogP contribution is -2.27. The lowest BCUT2D eigenvalue weighted by atomic mass is 10.2. The SMILES string of the molecule is CC(=O)Nc1ccc(N2C(=O)/C(=C\c3ccc[nH]3)SC2=S)cc1. The molecule has 2 amide bonds. The van der Waals surface area contributed by atoms with E-state index >= 15 is 0 Å². The minimum absolute atomic E-state index is 0.141. The molecular formula is C16H13N3O2S2. The third-order valence-corrected chi connectivity index (χ3v) is 4.45. The van der Waals surface area contributed by atoms with E-state index in [2.05, 4.69) is 10.3 Å². The maximum Gasteiger partial charge on any atom is 0.270 e. The van der Waals surface area contributed by atoms with Gasteiger partial charge < -0.3 is 10.3 Å². The Morgan fingerprint density at radius 2 is 2.04 bits per heavy atom. The second kappa shape index (κ2) is 6.39. The van der Waals surface area contributed by atoms with Gasteiger partial charge in [-0.05, 0) is 42.5 Å². The van der Waals surface area contributed by atoms with Gasteiger partial charge in [-0.2, -0.15) is 0 Å². The van der Waals surface area contributed by atoms with Gasteiger partial charge in [0.05, 0.1) is 10.6 Å². The van der Waals surface area contributed by atoms with E-state index in [1.807, 2.05) is 12.1 Å². The normalized spacial score (nSPS) is 16.2. The molecule has 0 aliphatic carbocycles. The fraction of sp³-hybridized carbons (Fsp3) is 0.0625. The first-order valence-electron chi connectivity index (χ1n) is 6.83. The summed E-state index contributed by atoms with van der Waals surface area (Å²) in [6, 6.07) is 10.7. The van der Waals surface area contributed by atoms with Crippen molar-refractivity contribution in [3.63, 3.8) is 0 Å². The molecule has 2 N–H and O–H groups in total. The summed E-state index contributed by atoms with van der Waals surface area (Å²) >= 11 is 6.59. The zero-order chi connectivity index (χ0) is 16.4. The highest BCUT2D eigenvalue weighted by Crippen LogP contribution is 2.36. The van der Waals surface area contributed by atoms with Crippen LogP contribution in [0.5, 0.6) is 0 Å². The molecule has 1 aromatic heterocycles. The smallest absolute Gasteiger partial charge is 0.270 e. The van der Waals surface area contributed by atoms with Gasteiger partial charge in [-0.1, -0.05) is 24.0 Å². The van der Waals surface area contributed by atoms with E-state index in [0.29, 0.717) is 20.6 Å². The monoisotopic (exact) mass is 343 g/mol. The number of amides is 2. The number of nitrogens with zero attached hydrogens (tertiary/aromatic N) is 1. The van der Waals surface area contributed by atoms with Crippen LogP contribution in [-0.4, -0.2) is 21.1 Å². The third-order valence-electron chi connectivity index (χ3n) is 3.15. The van der Waals surface area contributed by atoms with Crippen molar-refractivity contribution < 1.29 is 9.59 Å². The summed E-state index contributed by atoms with van der Waals surface area (Å²) in [5.74, 6) is -0.292. The number of aromatic amines is 1. The molecule has 23 heavy (non-hydrogen) atoms. The fourth-order valence-corrected chi connectivity index (χ4v) is 3.45. The highest BCUT2D eigenvalue weighted by Gasteiger charge is 2.33. The quantitative estimate of drug-likeness (QED) is 0.662. The Morgan fingerprint density at radius 3 is 2.65 bits per heavy atom. The number of rotatable bonds is 3. The van der Waals surface area contributed by atoms with E-state index in [4.69, 9.17) is 12.2 Å². The topological polar surface area (TPSA) is 65.2 Å². The van der Waals surface area contributed by atoms with Crippen LogP contribution in [0, 0.1) is 0 Å². The molecule has 0 bridgehead atoms. The number of carbonyl (C=O) groups is 2. The Hall–Kier alpha value is -2.38. The second-order valence-corrected chi connectivity index (χ2v) is 6.55. The van der Waals surface area contributed by atoms with Crippen LogP contribution < -0.4 is 10.2 Å². The number of H-pyrrole nitrogens is 1. The van der Waals surface area contributed by atoms with Crippen molar-refractivity contribution in [3.8, 4) is 0 Å². The summed E-state index contributed by atoms with van der Waals surface area (Å²) in [7, 11) is 0. The van der Waals surface area contributed by atoms with Gasteiger partial charge >= 0.3 is 0 Å². The number of hydrogen-bond donors (Lipinski definition) is 2. The highest BCUT2D eigenvalue weighted by molar-refractivity contribution is 8.27. The summed E-state index contributed by atoms with van der Waals surface area (Å²) in [5.41, 5.74) is 2.21. The van der Waals surface area contributed by atoms with E-state index in [1.54, 1.807) is 36.5 Å². The number of thiocarbonyl (C=S) groups is 1. The Morgan fingerprint density at radius 1 is 1.30 bits per heavy atom. The highest BCUT2D eigenvalue weighted by atomic mass is 32.2. The molecule has 3 rings (SSSR count). The Bertz CT molecular complexity index is 795. The molecule has 1 saturated heterocycles. The number of carbonyl (C=O) groups excluding carboxylic acids is 2. The van der Waals surface area contributed by atoms with Crippen LogP contribution in [0.15, 0.2) is 47.5 Å². The standard InChI is InChI=1S/C16H13N3O2S2/c1-10(20)18-11-4-6-13(7-5-11)19-15(21)14(23-16(19)22)9-12-3-2-8-17-12/h2-9,17H,1H3,(H,18,20)/b14-9+. The van der Waals surface area contributed by atoms with Gasteiger partial charge in [-0.3, -0.25) is 14.5 Å². The van der Waals surface area contributed by atoms with Crippen LogP contribution in [0.3, 0.4) is 0 Å². The lowest BCUT2D eigenvalue weighted by molar-refractivity contribution is -0.114. The van der Waals surface area contributed by atoms with Crippen LogP contribution in [0.25, 0.3) is 6.08 Å². The van der Waals surface area contributed by atoms with Crippen molar-refractivity contribution in [1.29, 1.82) is 0 Å². The summed E-state index contributed by atoms with van der Waals surface area (Å²) in [6.45, 7) is 1.45. The molecule has 1 fully saturated rings. The third kappa shape index (κ3) is 3.35. The van der Waals surface area contributed by atoms with Gasteiger partial charge in [0.15, 0.2) is 4.32 Å². The zero-order valence-electron chi connectivity index (χ0n) is 12.2. The first-order valence-corrected chi connectivity index (χ1v) is 8.06. The Balaban J connectivity index is 1.84. The zero-order valence-corrected chi connectivity index (χ0v) is 13.8. The molecule has 5 nitrogen and oxygen atoms in total. The van der Waals surface area contributed by atoms with Gasteiger partial charge in [0, 0.05) is 24.5 Å². The Kier molecular flexibility index (Phi) is 4.31. The second-order valence-electron chi connectivity index (χ2n) is 4.87. The van der Waals surface area contributed by atoms with Crippen molar-refractivity contribution in [1.82, 2.24) is 4.98 Å². The van der Waals surface area contributed by atoms with Crippen molar-refractivity contribution in [2.24, 2.45) is 0 Å². The van der Waals surface area contributed by atoms with Crippen LogP contribution in [-0.2, 0) is 9.59 Å². The number of anilines is 2. The molecule has 0 atom stereocenters. The maximum absolute atomic E-state index is 12.6. The van der Waals surface area contributed by atoms with E-state index in [1.165, 1.54) is 23.6 Å². The summed E-state index contributed by atoms with van der Waals surface area (Å²) < 4.78 is 0.486. The maximum atomic E-state index is 12.6. The summed E-state index contributed by atoms with van der Waals surface area (Å²) in [6.07, 6.45) is 3.58. The predicted octanol–water partition coefficient (Wildman–Crippen LogP) is 3.38. The minimum atomic E-state index is -0.151. The molecule has 1 aliphatic rings. The van der Waals surface area contributed by atoms with E-state index in [-0.39, 0.29) is 11.8 Å².